The molecule has 0 radical (unpaired) electrons. The number of carbonyl (C=O) groups excluding carboxylic acids is 1. The Morgan fingerprint density at radius 1 is 1.08 bits per heavy atom. The fraction of sp³-hybridized carbons (Fsp3) is 0.773. The minimum absolute atomic E-state index is 0.0305. The summed E-state index contributed by atoms with van der Waals surface area (Å²) in [6, 6.07) is 0. The van der Waals surface area contributed by atoms with Gasteiger partial charge in [0.05, 0.1) is 5.60 Å². The van der Waals surface area contributed by atoms with Crippen molar-refractivity contribution in [3.63, 3.8) is 0 Å². The van der Waals surface area contributed by atoms with Crippen LogP contribution in [0.5, 0.6) is 0 Å². The minimum Gasteiger partial charge on any atom is -0.385 e. The van der Waals surface area contributed by atoms with Crippen molar-refractivity contribution in [3.8, 4) is 0 Å². The molecule has 0 bridgehead atoms. The molecule has 3 fully saturated rings. The maximum atomic E-state index is 11.9. The number of hydrogen-bond donors (Lipinski definition) is 1. The molecule has 1 N–H and O–H groups in total. The molecule has 0 heterocycles. The first-order chi connectivity index (χ1) is 11.3. The average molecular weight is 328 g/mol. The Balaban J connectivity index is 1.68. The van der Waals surface area contributed by atoms with E-state index in [0.29, 0.717) is 17.6 Å². The van der Waals surface area contributed by atoms with Crippen molar-refractivity contribution in [3.05, 3.63) is 23.8 Å². The second-order valence-electron chi connectivity index (χ2n) is 9.39. The predicted octanol–water partition coefficient (Wildman–Crippen LogP) is 4.83. The van der Waals surface area contributed by atoms with E-state index < -0.39 is 5.60 Å². The highest BCUT2D eigenvalue weighted by molar-refractivity contribution is 5.91. The lowest BCUT2D eigenvalue weighted by Gasteiger charge is -2.59. The van der Waals surface area contributed by atoms with Crippen LogP contribution in [0.2, 0.25) is 0 Å². The van der Waals surface area contributed by atoms with Crippen LogP contribution in [0, 0.1) is 28.6 Å². The lowest BCUT2D eigenvalue weighted by atomic mass is 9.46. The monoisotopic (exact) mass is 328 g/mol. The van der Waals surface area contributed by atoms with Crippen LogP contribution in [0.4, 0.5) is 0 Å². The molecule has 0 aromatic heterocycles. The molecule has 0 aliphatic heterocycles. The van der Waals surface area contributed by atoms with E-state index in [1.54, 1.807) is 0 Å². The largest absolute Gasteiger partial charge is 0.385 e. The standard InChI is InChI=1S/C22H32O2/c1-4-10-22(24)13-9-19-17-6-5-15-14-16(23)7-11-20(15,2)18(17)8-12-21(19,22)3/h4,10,14,17-19,24H,5-9,11-13H2,1-3H3/b10-4-/t17?,18?,19?,20?,21?,22-/m0/s1. The molecule has 0 amide bonds. The van der Waals surface area contributed by atoms with Gasteiger partial charge in [0.1, 0.15) is 0 Å². The third kappa shape index (κ3) is 2.01. The van der Waals surface area contributed by atoms with E-state index in [9.17, 15) is 9.90 Å². The summed E-state index contributed by atoms with van der Waals surface area (Å²) >= 11 is 0. The second-order valence-corrected chi connectivity index (χ2v) is 9.39. The van der Waals surface area contributed by atoms with Crippen molar-refractivity contribution >= 4 is 5.78 Å². The number of carbonyl (C=O) groups is 1. The Hall–Kier alpha value is -0.890. The fourth-order valence-corrected chi connectivity index (χ4v) is 7.16. The van der Waals surface area contributed by atoms with Gasteiger partial charge in [-0.2, -0.15) is 0 Å². The number of fused-ring (bicyclic) bond motifs is 5. The summed E-state index contributed by atoms with van der Waals surface area (Å²) in [7, 11) is 0. The van der Waals surface area contributed by atoms with Gasteiger partial charge in [-0.25, -0.2) is 0 Å². The maximum Gasteiger partial charge on any atom is 0.155 e. The molecule has 2 nitrogen and oxygen atoms in total. The number of ketones is 1. The van der Waals surface area contributed by atoms with Crippen LogP contribution in [-0.4, -0.2) is 16.5 Å². The molecule has 132 valence electrons. The number of hydrogen-bond acceptors (Lipinski definition) is 2. The number of aliphatic hydroxyl groups is 1. The molecule has 2 heteroatoms. The van der Waals surface area contributed by atoms with E-state index >= 15 is 0 Å². The molecule has 6 atom stereocenters. The van der Waals surface area contributed by atoms with Gasteiger partial charge in [-0.05, 0) is 81.1 Å². The predicted molar refractivity (Wildman–Crippen MR) is 96.5 cm³/mol. The third-order valence-electron chi connectivity index (χ3n) is 8.62. The summed E-state index contributed by atoms with van der Waals surface area (Å²) in [5.74, 6) is 2.40. The van der Waals surface area contributed by atoms with Crippen molar-refractivity contribution in [1.29, 1.82) is 0 Å². The van der Waals surface area contributed by atoms with Gasteiger partial charge in [-0.15, -0.1) is 0 Å². The Labute approximate surface area is 146 Å². The summed E-state index contributed by atoms with van der Waals surface area (Å²) < 4.78 is 0. The van der Waals surface area contributed by atoms with Gasteiger partial charge in [0.15, 0.2) is 5.78 Å². The van der Waals surface area contributed by atoms with Crippen LogP contribution in [0.25, 0.3) is 0 Å². The fourth-order valence-electron chi connectivity index (χ4n) is 7.16. The van der Waals surface area contributed by atoms with Crippen molar-refractivity contribution < 1.29 is 9.90 Å². The van der Waals surface area contributed by atoms with Gasteiger partial charge in [-0.1, -0.05) is 31.6 Å². The number of rotatable bonds is 1. The normalized spacial score (nSPS) is 51.1. The topological polar surface area (TPSA) is 37.3 Å². The lowest BCUT2D eigenvalue weighted by Crippen LogP contribution is -2.54. The zero-order chi connectivity index (χ0) is 17.2. The van der Waals surface area contributed by atoms with E-state index in [2.05, 4.69) is 19.9 Å². The molecule has 3 saturated carbocycles. The second kappa shape index (κ2) is 5.30. The van der Waals surface area contributed by atoms with Crippen molar-refractivity contribution in [2.75, 3.05) is 0 Å². The quantitative estimate of drug-likeness (QED) is 0.700. The average Bonchev–Trinajstić information content (AvgIpc) is 2.80. The molecule has 0 saturated heterocycles. The molecule has 4 aliphatic rings. The third-order valence-corrected chi connectivity index (χ3v) is 8.62. The van der Waals surface area contributed by atoms with Gasteiger partial charge < -0.3 is 5.11 Å². The van der Waals surface area contributed by atoms with Crippen LogP contribution in [0.3, 0.4) is 0 Å². The Morgan fingerprint density at radius 2 is 1.83 bits per heavy atom. The lowest BCUT2D eigenvalue weighted by molar-refractivity contribution is -0.120. The summed E-state index contributed by atoms with van der Waals surface area (Å²) in [6.45, 7) is 6.80. The van der Waals surface area contributed by atoms with Gasteiger partial charge in [0.2, 0.25) is 0 Å². The van der Waals surface area contributed by atoms with E-state index in [-0.39, 0.29) is 10.8 Å². The smallest absolute Gasteiger partial charge is 0.155 e. The SMILES string of the molecule is C/C=C\[C@]1(O)CCC2C3CCC4=CC(=O)CCC4(C)C3CCC21C. The van der Waals surface area contributed by atoms with E-state index in [0.717, 1.165) is 44.4 Å². The molecule has 0 spiro atoms. The van der Waals surface area contributed by atoms with Crippen molar-refractivity contribution in [2.45, 2.75) is 77.7 Å². The van der Waals surface area contributed by atoms with E-state index in [1.807, 2.05) is 19.1 Å². The molecular formula is C22H32O2. The molecule has 0 aromatic rings. The number of allylic oxidation sites excluding steroid dienone is 2. The van der Waals surface area contributed by atoms with Gasteiger partial charge >= 0.3 is 0 Å². The molecule has 4 rings (SSSR count). The molecule has 4 aliphatic carbocycles. The van der Waals surface area contributed by atoms with Crippen LogP contribution in [0.1, 0.15) is 72.1 Å². The highest BCUT2D eigenvalue weighted by atomic mass is 16.3. The highest BCUT2D eigenvalue weighted by Gasteiger charge is 2.63. The van der Waals surface area contributed by atoms with Crippen LogP contribution in [-0.2, 0) is 4.79 Å². The van der Waals surface area contributed by atoms with Crippen LogP contribution >= 0.6 is 0 Å². The molecule has 24 heavy (non-hydrogen) atoms. The highest BCUT2D eigenvalue weighted by Crippen LogP contribution is 2.67. The molecule has 0 aromatic carbocycles. The summed E-state index contributed by atoms with van der Waals surface area (Å²) in [4.78, 5) is 11.9. The van der Waals surface area contributed by atoms with Crippen molar-refractivity contribution in [2.24, 2.45) is 28.6 Å². The Bertz CT molecular complexity index is 617. The van der Waals surface area contributed by atoms with Crippen molar-refractivity contribution in [1.82, 2.24) is 0 Å². The first-order valence-corrected chi connectivity index (χ1v) is 9.94. The van der Waals surface area contributed by atoms with Gasteiger partial charge in [0.25, 0.3) is 0 Å². The van der Waals surface area contributed by atoms with Crippen LogP contribution < -0.4 is 0 Å². The minimum atomic E-state index is -0.614. The summed E-state index contributed by atoms with van der Waals surface area (Å²) in [5.41, 5.74) is 1.09. The van der Waals surface area contributed by atoms with Gasteiger partial charge in [0, 0.05) is 11.8 Å². The van der Waals surface area contributed by atoms with E-state index in [1.165, 1.54) is 18.4 Å². The Morgan fingerprint density at radius 3 is 2.58 bits per heavy atom. The first kappa shape index (κ1) is 16.6. The van der Waals surface area contributed by atoms with Crippen LogP contribution in [0.15, 0.2) is 23.8 Å². The molecular weight excluding hydrogens is 296 g/mol. The van der Waals surface area contributed by atoms with E-state index in [4.69, 9.17) is 0 Å². The van der Waals surface area contributed by atoms with Gasteiger partial charge in [-0.3, -0.25) is 4.79 Å². The molecule has 5 unspecified atom stereocenters. The maximum absolute atomic E-state index is 11.9. The Kier molecular flexibility index (Phi) is 3.66. The zero-order valence-electron chi connectivity index (χ0n) is 15.5. The first-order valence-electron chi connectivity index (χ1n) is 9.94. The summed E-state index contributed by atoms with van der Waals surface area (Å²) in [5, 5.41) is 11.3. The zero-order valence-corrected chi connectivity index (χ0v) is 15.5. The summed E-state index contributed by atoms with van der Waals surface area (Å²) in [6.07, 6.45) is 14.6.